The zero-order valence-electron chi connectivity index (χ0n) is 19.2. The third kappa shape index (κ3) is 4.59. The number of hydrogen-bond donors (Lipinski definition) is 1. The highest BCUT2D eigenvalue weighted by atomic mass is 32.2. The molecule has 4 rings (SSSR count). The van der Waals surface area contributed by atoms with Gasteiger partial charge in [-0.15, -0.1) is 0 Å². The molecule has 0 aliphatic carbocycles. The first-order chi connectivity index (χ1) is 16.1. The van der Waals surface area contributed by atoms with Crippen molar-refractivity contribution in [3.8, 4) is 17.6 Å². The quantitative estimate of drug-likeness (QED) is 0.510. The van der Waals surface area contributed by atoms with Crippen LogP contribution in [-0.2, 0) is 27.8 Å². The summed E-state index contributed by atoms with van der Waals surface area (Å²) in [5, 5.41) is 19.2. The molecule has 0 saturated heterocycles. The van der Waals surface area contributed by atoms with Crippen molar-refractivity contribution >= 4 is 26.7 Å². The Morgan fingerprint density at radius 1 is 1.26 bits per heavy atom. The van der Waals surface area contributed by atoms with Gasteiger partial charge in [0.2, 0.25) is 0 Å². The van der Waals surface area contributed by atoms with Gasteiger partial charge in [0.25, 0.3) is 0 Å². The van der Waals surface area contributed by atoms with Crippen molar-refractivity contribution in [1.82, 2.24) is 4.57 Å². The van der Waals surface area contributed by atoms with Crippen LogP contribution in [0.5, 0.6) is 11.5 Å². The van der Waals surface area contributed by atoms with Crippen LogP contribution in [0.3, 0.4) is 0 Å². The Kier molecular flexibility index (Phi) is 6.28. The Bertz CT molecular complexity index is 1420. The molecule has 8 nitrogen and oxygen atoms in total. The number of aliphatic carboxylic acids is 1. The van der Waals surface area contributed by atoms with E-state index < -0.39 is 15.8 Å². The predicted molar refractivity (Wildman–Crippen MR) is 126 cm³/mol. The largest absolute Gasteiger partial charge is 0.490 e. The summed E-state index contributed by atoms with van der Waals surface area (Å²) in [6.07, 6.45) is 1.58. The number of fused-ring (bicyclic) bond motifs is 3. The Morgan fingerprint density at radius 3 is 2.68 bits per heavy atom. The summed E-state index contributed by atoms with van der Waals surface area (Å²) in [6, 6.07) is 12.7. The van der Waals surface area contributed by atoms with Crippen LogP contribution < -0.4 is 9.47 Å². The number of ether oxygens (including phenoxy) is 2. The fourth-order valence-corrected chi connectivity index (χ4v) is 5.78. The molecule has 0 saturated carbocycles. The van der Waals surface area contributed by atoms with Crippen LogP contribution in [0.4, 0.5) is 0 Å². The van der Waals surface area contributed by atoms with E-state index >= 15 is 0 Å². The SMILES string of the molecule is CC(C)Oc1ccc(COc2ccc3c(c2)c(S(C)(=O)=O)c2n3CC[C@@H]2CC(=O)O)cc1C#N. The molecule has 1 aliphatic heterocycles. The van der Waals surface area contributed by atoms with Gasteiger partial charge >= 0.3 is 5.97 Å². The highest BCUT2D eigenvalue weighted by Crippen LogP contribution is 2.43. The van der Waals surface area contributed by atoms with Gasteiger partial charge in [-0.25, -0.2) is 8.42 Å². The number of benzene rings is 2. The molecule has 1 aliphatic rings. The normalized spacial score (nSPS) is 15.3. The molecular formula is C25H26N2O6S. The van der Waals surface area contributed by atoms with Gasteiger partial charge in [0.05, 0.1) is 23.0 Å². The summed E-state index contributed by atoms with van der Waals surface area (Å²) in [4.78, 5) is 11.5. The van der Waals surface area contributed by atoms with Crippen LogP contribution in [0.2, 0.25) is 0 Å². The van der Waals surface area contributed by atoms with Crippen molar-refractivity contribution in [2.24, 2.45) is 0 Å². The summed E-state index contributed by atoms with van der Waals surface area (Å²) in [5.41, 5.74) is 2.50. The van der Waals surface area contributed by atoms with E-state index in [0.29, 0.717) is 41.1 Å². The highest BCUT2D eigenvalue weighted by Gasteiger charge is 2.34. The van der Waals surface area contributed by atoms with Gasteiger partial charge < -0.3 is 19.1 Å². The van der Waals surface area contributed by atoms with E-state index in [1.807, 2.05) is 30.5 Å². The van der Waals surface area contributed by atoms with E-state index in [1.54, 1.807) is 24.3 Å². The van der Waals surface area contributed by atoms with Crippen LogP contribution >= 0.6 is 0 Å². The monoisotopic (exact) mass is 482 g/mol. The first-order valence-electron chi connectivity index (χ1n) is 11.0. The number of aryl methyl sites for hydroxylation is 1. The molecule has 0 bridgehead atoms. The maximum absolute atomic E-state index is 12.7. The maximum Gasteiger partial charge on any atom is 0.304 e. The third-order valence-electron chi connectivity index (χ3n) is 5.84. The second kappa shape index (κ2) is 9.03. The number of sulfone groups is 1. The number of carboxylic acid groups (broad SMARTS) is 1. The Morgan fingerprint density at radius 2 is 2.03 bits per heavy atom. The molecule has 178 valence electrons. The van der Waals surface area contributed by atoms with Crippen LogP contribution in [0.15, 0.2) is 41.3 Å². The minimum absolute atomic E-state index is 0.0518. The number of aromatic nitrogens is 1. The topological polar surface area (TPSA) is 119 Å². The molecule has 1 atom stereocenters. The molecule has 2 heterocycles. The average Bonchev–Trinajstić information content (AvgIpc) is 3.29. The molecule has 0 amide bonds. The van der Waals surface area contributed by atoms with Gasteiger partial charge in [-0.2, -0.15) is 5.26 Å². The highest BCUT2D eigenvalue weighted by molar-refractivity contribution is 7.91. The molecule has 0 fully saturated rings. The van der Waals surface area contributed by atoms with Gasteiger partial charge in [-0.3, -0.25) is 4.79 Å². The minimum atomic E-state index is -3.61. The molecule has 2 aromatic carbocycles. The van der Waals surface area contributed by atoms with Gasteiger partial charge in [0.1, 0.15) is 24.2 Å². The van der Waals surface area contributed by atoms with Gasteiger partial charge in [0, 0.05) is 35.3 Å². The second-order valence-corrected chi connectivity index (χ2v) is 10.8. The lowest BCUT2D eigenvalue weighted by molar-refractivity contribution is -0.137. The van der Waals surface area contributed by atoms with Gasteiger partial charge in [-0.05, 0) is 56.2 Å². The van der Waals surface area contributed by atoms with Gasteiger partial charge in [-0.1, -0.05) is 6.07 Å². The standard InChI is InChI=1S/C25H26N2O6S/c1-15(2)33-22-7-4-16(10-18(22)13-26)14-32-19-5-6-21-20(12-19)25(34(3,30)31)24-17(11-23(28)29)8-9-27(21)24/h4-7,10,12,15,17H,8-9,11,14H2,1-3H3,(H,28,29)/t17-/m1/s1. The van der Waals surface area contributed by atoms with Gasteiger partial charge in [0.15, 0.2) is 9.84 Å². The number of hydrogen-bond acceptors (Lipinski definition) is 6. The molecule has 34 heavy (non-hydrogen) atoms. The zero-order chi connectivity index (χ0) is 24.6. The first kappa shape index (κ1) is 23.6. The molecule has 1 aromatic heterocycles. The number of nitriles is 1. The zero-order valence-corrected chi connectivity index (χ0v) is 20.1. The first-order valence-corrected chi connectivity index (χ1v) is 12.9. The molecule has 3 aromatic rings. The maximum atomic E-state index is 12.7. The summed E-state index contributed by atoms with van der Waals surface area (Å²) in [5.74, 6) is -0.305. The van der Waals surface area contributed by atoms with Crippen molar-refractivity contribution in [1.29, 1.82) is 5.26 Å². The van der Waals surface area contributed by atoms with E-state index in [1.165, 1.54) is 0 Å². The second-order valence-electron chi connectivity index (χ2n) is 8.80. The number of nitrogens with zero attached hydrogens (tertiary/aromatic N) is 2. The van der Waals surface area contributed by atoms with Crippen molar-refractivity contribution < 1.29 is 27.8 Å². The number of rotatable bonds is 8. The van der Waals surface area contributed by atoms with Crippen LogP contribution in [0.25, 0.3) is 10.9 Å². The van der Waals surface area contributed by atoms with E-state index in [0.717, 1.165) is 17.3 Å². The molecular weight excluding hydrogens is 456 g/mol. The van der Waals surface area contributed by atoms with E-state index in [2.05, 4.69) is 6.07 Å². The van der Waals surface area contributed by atoms with E-state index in [4.69, 9.17) is 9.47 Å². The summed E-state index contributed by atoms with van der Waals surface area (Å²) < 4.78 is 38.9. The van der Waals surface area contributed by atoms with Crippen molar-refractivity contribution in [3.63, 3.8) is 0 Å². The average molecular weight is 483 g/mol. The summed E-state index contributed by atoms with van der Waals surface area (Å²) >= 11 is 0. The molecule has 0 unspecified atom stereocenters. The lowest BCUT2D eigenvalue weighted by atomic mass is 10.0. The summed E-state index contributed by atoms with van der Waals surface area (Å²) in [7, 11) is -3.61. The Balaban J connectivity index is 1.66. The Hall–Kier alpha value is -3.51. The Labute approximate surface area is 198 Å². The smallest absolute Gasteiger partial charge is 0.304 e. The molecule has 9 heteroatoms. The number of carbonyl (C=O) groups is 1. The molecule has 0 spiro atoms. The lowest BCUT2D eigenvalue weighted by Gasteiger charge is -2.13. The molecule has 1 N–H and O–H groups in total. The van der Waals surface area contributed by atoms with Crippen LogP contribution in [0.1, 0.15) is 49.4 Å². The van der Waals surface area contributed by atoms with Crippen LogP contribution in [-0.4, -0.2) is 36.4 Å². The third-order valence-corrected chi connectivity index (χ3v) is 7.01. The van der Waals surface area contributed by atoms with Crippen molar-refractivity contribution in [3.05, 3.63) is 53.2 Å². The van der Waals surface area contributed by atoms with E-state index in [9.17, 15) is 23.6 Å². The van der Waals surface area contributed by atoms with Crippen LogP contribution in [0, 0.1) is 11.3 Å². The fourth-order valence-electron chi connectivity index (χ4n) is 4.56. The van der Waals surface area contributed by atoms with Crippen molar-refractivity contribution in [2.75, 3.05) is 6.26 Å². The van der Waals surface area contributed by atoms with Crippen molar-refractivity contribution in [2.45, 2.75) is 56.8 Å². The number of carboxylic acids is 1. The summed E-state index contributed by atoms with van der Waals surface area (Å²) in [6.45, 7) is 4.54. The van der Waals surface area contributed by atoms with E-state index in [-0.39, 0.29) is 29.9 Å². The lowest BCUT2D eigenvalue weighted by Crippen LogP contribution is -2.08. The minimum Gasteiger partial charge on any atom is -0.490 e. The predicted octanol–water partition coefficient (Wildman–Crippen LogP) is 4.24. The fraction of sp³-hybridized carbons (Fsp3) is 0.360. The molecule has 0 radical (unpaired) electrons.